The molecule has 7 heteroatoms. The van der Waals surface area contributed by atoms with Gasteiger partial charge in [-0.15, -0.1) is 0 Å². The minimum Gasteiger partial charge on any atom is -0.323 e. The van der Waals surface area contributed by atoms with Crippen LogP contribution in [0.25, 0.3) is 6.08 Å². The van der Waals surface area contributed by atoms with Crippen LogP contribution in [0.5, 0.6) is 0 Å². The Kier molecular flexibility index (Phi) is 6.26. The van der Waals surface area contributed by atoms with Gasteiger partial charge < -0.3 is 5.32 Å². The van der Waals surface area contributed by atoms with E-state index in [1.807, 2.05) is 30.3 Å². The molecule has 1 heterocycles. The van der Waals surface area contributed by atoms with Crippen LogP contribution in [0.1, 0.15) is 24.0 Å². The van der Waals surface area contributed by atoms with Crippen molar-refractivity contribution in [2.75, 3.05) is 18.4 Å². The van der Waals surface area contributed by atoms with Crippen molar-refractivity contribution in [1.82, 2.24) is 4.31 Å². The molecule has 1 fully saturated rings. The van der Waals surface area contributed by atoms with Crippen molar-refractivity contribution in [2.45, 2.75) is 19.8 Å². The van der Waals surface area contributed by atoms with Crippen molar-refractivity contribution in [3.8, 4) is 0 Å². The first-order valence-corrected chi connectivity index (χ1v) is 10.7. The van der Waals surface area contributed by atoms with Crippen molar-refractivity contribution in [1.29, 1.82) is 0 Å². The van der Waals surface area contributed by atoms with Gasteiger partial charge in [-0.05, 0) is 49.1 Å². The third kappa shape index (κ3) is 5.05. The molecular weight excluding hydrogens is 379 g/mol. The molecule has 3 rings (SSSR count). The van der Waals surface area contributed by atoms with Gasteiger partial charge in [0, 0.05) is 24.4 Å². The van der Waals surface area contributed by atoms with E-state index in [1.165, 1.54) is 21.8 Å². The summed E-state index contributed by atoms with van der Waals surface area (Å²) in [6.07, 6.45) is 2.36. The highest BCUT2D eigenvalue weighted by atomic mass is 32.2. The van der Waals surface area contributed by atoms with Gasteiger partial charge in [0.25, 0.3) is 0 Å². The number of hydrogen-bond acceptors (Lipinski definition) is 3. The maximum absolute atomic E-state index is 13.9. The molecule has 1 aliphatic heterocycles. The molecule has 0 spiro atoms. The van der Waals surface area contributed by atoms with Crippen LogP contribution in [0.15, 0.2) is 53.9 Å². The topological polar surface area (TPSA) is 66.5 Å². The Labute approximate surface area is 164 Å². The Morgan fingerprint density at radius 3 is 2.46 bits per heavy atom. The summed E-state index contributed by atoms with van der Waals surface area (Å²) in [6.45, 7) is 2.29. The van der Waals surface area contributed by atoms with Crippen LogP contribution in [0.3, 0.4) is 0 Å². The van der Waals surface area contributed by atoms with Gasteiger partial charge in [-0.25, -0.2) is 12.8 Å². The number of halogens is 1. The minimum absolute atomic E-state index is 0.149. The first-order valence-electron chi connectivity index (χ1n) is 9.15. The molecule has 0 unspecified atom stereocenters. The molecule has 1 N–H and O–H groups in total. The van der Waals surface area contributed by atoms with E-state index in [4.69, 9.17) is 0 Å². The van der Waals surface area contributed by atoms with Crippen molar-refractivity contribution < 1.29 is 17.6 Å². The lowest BCUT2D eigenvalue weighted by atomic mass is 9.97. The molecule has 28 heavy (non-hydrogen) atoms. The number of rotatable bonds is 5. The number of hydrogen-bond donors (Lipinski definition) is 1. The van der Waals surface area contributed by atoms with Gasteiger partial charge in [-0.3, -0.25) is 4.79 Å². The molecule has 5 nitrogen and oxygen atoms in total. The maximum Gasteiger partial charge on any atom is 0.236 e. The zero-order valence-corrected chi connectivity index (χ0v) is 16.5. The quantitative estimate of drug-likeness (QED) is 0.828. The number of aryl methyl sites for hydroxylation is 1. The van der Waals surface area contributed by atoms with E-state index in [1.54, 1.807) is 19.1 Å². The Balaban J connectivity index is 1.57. The lowest BCUT2D eigenvalue weighted by Gasteiger charge is -2.29. The van der Waals surface area contributed by atoms with Gasteiger partial charge in [0.2, 0.25) is 15.9 Å². The van der Waals surface area contributed by atoms with Gasteiger partial charge in [0.05, 0.1) is 5.69 Å². The van der Waals surface area contributed by atoms with E-state index in [0.717, 1.165) is 11.1 Å². The zero-order valence-electron chi connectivity index (χ0n) is 15.6. The molecule has 0 bridgehead atoms. The van der Waals surface area contributed by atoms with Crippen molar-refractivity contribution in [3.63, 3.8) is 0 Å². The number of carbonyl (C=O) groups is 1. The molecule has 148 valence electrons. The summed E-state index contributed by atoms with van der Waals surface area (Å²) in [5, 5.41) is 3.81. The molecule has 0 aliphatic carbocycles. The second kappa shape index (κ2) is 8.67. The average Bonchev–Trinajstić information content (AvgIpc) is 2.69. The van der Waals surface area contributed by atoms with Gasteiger partial charge >= 0.3 is 0 Å². The normalized spacial score (nSPS) is 16.4. The van der Waals surface area contributed by atoms with E-state index in [2.05, 4.69) is 5.32 Å². The number of anilines is 1. The zero-order chi connectivity index (χ0) is 20.1. The fourth-order valence-electron chi connectivity index (χ4n) is 3.14. The van der Waals surface area contributed by atoms with Crippen molar-refractivity contribution in [3.05, 3.63) is 70.9 Å². The SMILES string of the molecule is Cc1ccc(NC(=O)C2CCN(S(=O)(=O)/C=C/c3ccccc3)CC2)c(F)c1. The number of sulfonamides is 1. The average molecular weight is 402 g/mol. The van der Waals surface area contributed by atoms with E-state index < -0.39 is 15.8 Å². The molecule has 0 radical (unpaired) electrons. The van der Waals surface area contributed by atoms with Gasteiger partial charge in [-0.2, -0.15) is 4.31 Å². The highest BCUT2D eigenvalue weighted by Crippen LogP contribution is 2.23. The standard InChI is InChI=1S/C21H23FN2O3S/c1-16-7-8-20(19(22)15-16)23-21(25)18-9-12-24(13-10-18)28(26,27)14-11-17-5-3-2-4-6-17/h2-8,11,14-15,18H,9-10,12-13H2,1H3,(H,23,25)/b14-11+. The highest BCUT2D eigenvalue weighted by molar-refractivity contribution is 7.92. The summed E-state index contributed by atoms with van der Waals surface area (Å²) < 4.78 is 40.3. The number of nitrogens with zero attached hydrogens (tertiary/aromatic N) is 1. The summed E-state index contributed by atoms with van der Waals surface area (Å²) in [5.74, 6) is -1.09. The Hall–Kier alpha value is -2.51. The molecular formula is C21H23FN2O3S. The smallest absolute Gasteiger partial charge is 0.236 e. The first-order chi connectivity index (χ1) is 13.3. The first kappa shape index (κ1) is 20.2. The van der Waals surface area contributed by atoms with E-state index in [-0.39, 0.29) is 30.6 Å². The number of piperidine rings is 1. The fraction of sp³-hybridized carbons (Fsp3) is 0.286. The van der Waals surface area contributed by atoms with Crippen molar-refractivity contribution >= 4 is 27.7 Å². The molecule has 1 aliphatic rings. The number of carbonyl (C=O) groups excluding carboxylic acids is 1. The number of benzene rings is 2. The molecule has 2 aromatic carbocycles. The Morgan fingerprint density at radius 1 is 1.14 bits per heavy atom. The Morgan fingerprint density at radius 2 is 1.82 bits per heavy atom. The van der Waals surface area contributed by atoms with Gasteiger partial charge in [0.1, 0.15) is 5.82 Å². The van der Waals surface area contributed by atoms with Crippen LogP contribution in [-0.2, 0) is 14.8 Å². The van der Waals surface area contributed by atoms with Crippen LogP contribution in [-0.4, -0.2) is 31.7 Å². The summed E-state index contributed by atoms with van der Waals surface area (Å²) in [6, 6.07) is 13.8. The van der Waals surface area contributed by atoms with E-state index in [9.17, 15) is 17.6 Å². The summed E-state index contributed by atoms with van der Waals surface area (Å²) in [7, 11) is -3.54. The predicted molar refractivity (Wildman–Crippen MR) is 108 cm³/mol. The van der Waals surface area contributed by atoms with Gasteiger partial charge in [0.15, 0.2) is 0 Å². The van der Waals surface area contributed by atoms with Gasteiger partial charge in [-0.1, -0.05) is 36.4 Å². The number of amides is 1. The fourth-order valence-corrected chi connectivity index (χ4v) is 4.36. The highest BCUT2D eigenvalue weighted by Gasteiger charge is 2.30. The van der Waals surface area contributed by atoms with Crippen molar-refractivity contribution in [2.24, 2.45) is 5.92 Å². The molecule has 1 saturated heterocycles. The Bertz CT molecular complexity index is 966. The van der Waals surface area contributed by atoms with E-state index >= 15 is 0 Å². The number of nitrogens with one attached hydrogen (secondary N) is 1. The molecule has 1 amide bonds. The van der Waals surface area contributed by atoms with Crippen LogP contribution < -0.4 is 5.32 Å². The lowest BCUT2D eigenvalue weighted by molar-refractivity contribution is -0.120. The molecule has 0 atom stereocenters. The third-order valence-corrected chi connectivity index (χ3v) is 6.36. The van der Waals surface area contributed by atoms with Crippen LogP contribution >= 0.6 is 0 Å². The third-order valence-electron chi connectivity index (χ3n) is 4.80. The second-order valence-corrected chi connectivity index (χ2v) is 8.72. The molecule has 0 saturated carbocycles. The largest absolute Gasteiger partial charge is 0.323 e. The summed E-state index contributed by atoms with van der Waals surface area (Å²) >= 11 is 0. The monoisotopic (exact) mass is 402 g/mol. The van der Waals surface area contributed by atoms with Crippen LogP contribution in [0, 0.1) is 18.7 Å². The molecule has 0 aromatic heterocycles. The van der Waals surface area contributed by atoms with E-state index in [0.29, 0.717) is 12.8 Å². The predicted octanol–water partition coefficient (Wildman–Crippen LogP) is 3.79. The maximum atomic E-state index is 13.9. The lowest BCUT2D eigenvalue weighted by Crippen LogP contribution is -2.40. The van der Waals surface area contributed by atoms with Crippen LogP contribution in [0.2, 0.25) is 0 Å². The summed E-state index contributed by atoms with van der Waals surface area (Å²) in [4.78, 5) is 12.4. The second-order valence-electron chi connectivity index (χ2n) is 6.90. The molecule has 2 aromatic rings. The van der Waals surface area contributed by atoms with Crippen LogP contribution in [0.4, 0.5) is 10.1 Å². The summed E-state index contributed by atoms with van der Waals surface area (Å²) in [5.41, 5.74) is 1.73. The minimum atomic E-state index is -3.54.